The number of carbonyl (C=O) groups excluding carboxylic acids is 1. The molecule has 1 aromatic carbocycles. The lowest BCUT2D eigenvalue weighted by Crippen LogP contribution is -2.26. The zero-order valence-electron chi connectivity index (χ0n) is 11.2. The highest BCUT2D eigenvalue weighted by Gasteiger charge is 2.19. The molecule has 1 N–H and O–H groups in total. The Balaban J connectivity index is 2.66. The summed E-state index contributed by atoms with van der Waals surface area (Å²) in [6.07, 6.45) is 1.75. The third kappa shape index (κ3) is 5.31. The van der Waals surface area contributed by atoms with E-state index in [4.69, 9.17) is 23.2 Å². The zero-order chi connectivity index (χ0) is 15.2. The Morgan fingerprint density at radius 2 is 2.00 bits per heavy atom. The number of nitrogens with one attached hydrogen (secondary N) is 1. The summed E-state index contributed by atoms with van der Waals surface area (Å²) >= 11 is 11.6. The van der Waals surface area contributed by atoms with Crippen molar-refractivity contribution in [1.29, 1.82) is 0 Å². The van der Waals surface area contributed by atoms with Crippen molar-refractivity contribution in [3.05, 3.63) is 28.2 Å². The van der Waals surface area contributed by atoms with Crippen LogP contribution in [-0.2, 0) is 14.6 Å². The van der Waals surface area contributed by atoms with E-state index in [2.05, 4.69) is 5.32 Å². The fourth-order valence-corrected chi connectivity index (χ4v) is 3.60. The molecule has 1 rings (SSSR count). The highest BCUT2D eigenvalue weighted by atomic mass is 35.5. The minimum atomic E-state index is -3.62. The molecule has 0 radical (unpaired) electrons. The SMILES string of the molecule is CCCCNC(=O)CCS(=O)(=O)c1cc(Cl)ccc1Cl. The van der Waals surface area contributed by atoms with Gasteiger partial charge >= 0.3 is 0 Å². The number of unbranched alkanes of at least 4 members (excludes halogenated alkanes) is 1. The lowest BCUT2D eigenvalue weighted by molar-refractivity contribution is -0.120. The number of hydrogen-bond acceptors (Lipinski definition) is 3. The molecule has 7 heteroatoms. The second-order valence-corrected chi connectivity index (χ2v) is 7.27. The van der Waals surface area contributed by atoms with Crippen LogP contribution in [0.1, 0.15) is 26.2 Å². The highest BCUT2D eigenvalue weighted by Crippen LogP contribution is 2.26. The first-order valence-electron chi connectivity index (χ1n) is 6.31. The van der Waals surface area contributed by atoms with Crippen molar-refractivity contribution in [3.8, 4) is 0 Å². The number of benzene rings is 1. The summed E-state index contributed by atoms with van der Waals surface area (Å²) in [7, 11) is -3.62. The molecule has 1 amide bonds. The van der Waals surface area contributed by atoms with Crippen molar-refractivity contribution < 1.29 is 13.2 Å². The molecule has 0 bridgehead atoms. The molecule has 112 valence electrons. The first kappa shape index (κ1) is 17.3. The molecule has 0 spiro atoms. The maximum atomic E-state index is 12.1. The first-order chi connectivity index (χ1) is 9.36. The average Bonchev–Trinajstić information content (AvgIpc) is 2.39. The van der Waals surface area contributed by atoms with Gasteiger partial charge in [0.05, 0.1) is 15.7 Å². The van der Waals surface area contributed by atoms with Crippen molar-refractivity contribution in [2.45, 2.75) is 31.1 Å². The van der Waals surface area contributed by atoms with Crippen LogP contribution in [0.25, 0.3) is 0 Å². The van der Waals surface area contributed by atoms with Crippen molar-refractivity contribution in [2.75, 3.05) is 12.3 Å². The van der Waals surface area contributed by atoms with Gasteiger partial charge in [0.1, 0.15) is 0 Å². The minimum absolute atomic E-state index is 0.0342. The molecule has 0 aromatic heterocycles. The lowest BCUT2D eigenvalue weighted by atomic mass is 10.3. The molecule has 20 heavy (non-hydrogen) atoms. The summed E-state index contributed by atoms with van der Waals surface area (Å²) in [5.41, 5.74) is 0. The molecule has 1 aromatic rings. The Hall–Kier alpha value is -0.780. The molecule has 0 heterocycles. The second-order valence-electron chi connectivity index (χ2n) is 4.35. The van der Waals surface area contributed by atoms with Crippen LogP contribution in [0.5, 0.6) is 0 Å². The van der Waals surface area contributed by atoms with Gasteiger partial charge in [-0.2, -0.15) is 0 Å². The number of sulfone groups is 1. The van der Waals surface area contributed by atoms with Crippen LogP contribution >= 0.6 is 23.2 Å². The van der Waals surface area contributed by atoms with E-state index < -0.39 is 9.84 Å². The van der Waals surface area contributed by atoms with Crippen molar-refractivity contribution in [2.24, 2.45) is 0 Å². The first-order valence-corrected chi connectivity index (χ1v) is 8.72. The standard InChI is InChI=1S/C13H17Cl2NO3S/c1-2-3-7-16-13(17)6-8-20(18,19)12-9-10(14)4-5-11(12)15/h4-5,9H,2-3,6-8H2,1H3,(H,16,17). The Bertz CT molecular complexity index is 573. The van der Waals surface area contributed by atoms with Gasteiger partial charge in [-0.3, -0.25) is 4.79 Å². The average molecular weight is 338 g/mol. The van der Waals surface area contributed by atoms with Crippen LogP contribution in [0.4, 0.5) is 0 Å². The molecule has 0 unspecified atom stereocenters. The maximum Gasteiger partial charge on any atom is 0.221 e. The molecule has 0 saturated heterocycles. The van der Waals surface area contributed by atoms with E-state index in [1.54, 1.807) is 0 Å². The molecule has 0 fully saturated rings. The van der Waals surface area contributed by atoms with Crippen LogP contribution in [0.3, 0.4) is 0 Å². The van der Waals surface area contributed by atoms with Gasteiger partial charge in [0.25, 0.3) is 0 Å². The van der Waals surface area contributed by atoms with Crippen molar-refractivity contribution in [1.82, 2.24) is 5.32 Å². The van der Waals surface area contributed by atoms with Crippen LogP contribution < -0.4 is 5.32 Å². The summed E-state index contributed by atoms with van der Waals surface area (Å²) in [4.78, 5) is 11.5. The predicted octanol–water partition coefficient (Wildman–Crippen LogP) is 3.07. The van der Waals surface area contributed by atoms with Crippen LogP contribution in [0, 0.1) is 0 Å². The Kier molecular flexibility index (Phi) is 6.79. The molecule has 0 aliphatic heterocycles. The smallest absolute Gasteiger partial charge is 0.221 e. The van der Waals surface area contributed by atoms with E-state index in [1.807, 2.05) is 6.92 Å². The van der Waals surface area contributed by atoms with Gasteiger partial charge in [-0.25, -0.2) is 8.42 Å². The van der Waals surface area contributed by atoms with Crippen molar-refractivity contribution in [3.63, 3.8) is 0 Å². The largest absolute Gasteiger partial charge is 0.356 e. The normalized spacial score (nSPS) is 11.3. The summed E-state index contributed by atoms with van der Waals surface area (Å²) in [6, 6.07) is 4.24. The molecule has 0 saturated carbocycles. The fourth-order valence-electron chi connectivity index (χ4n) is 1.55. The zero-order valence-corrected chi connectivity index (χ0v) is 13.5. The number of amides is 1. The number of hydrogen-bond donors (Lipinski definition) is 1. The summed E-state index contributed by atoms with van der Waals surface area (Å²) in [5, 5.41) is 3.08. The van der Waals surface area contributed by atoms with E-state index in [0.29, 0.717) is 11.6 Å². The molecular formula is C13H17Cl2NO3S. The molecule has 0 aliphatic carbocycles. The molecule has 0 atom stereocenters. The van der Waals surface area contributed by atoms with E-state index in [1.165, 1.54) is 18.2 Å². The third-order valence-electron chi connectivity index (χ3n) is 2.68. The highest BCUT2D eigenvalue weighted by molar-refractivity contribution is 7.91. The predicted molar refractivity (Wildman–Crippen MR) is 81.0 cm³/mol. The third-order valence-corrected chi connectivity index (χ3v) is 5.10. The molecule has 4 nitrogen and oxygen atoms in total. The van der Waals surface area contributed by atoms with Gasteiger partial charge in [0, 0.05) is 18.0 Å². The van der Waals surface area contributed by atoms with Crippen LogP contribution in [-0.4, -0.2) is 26.6 Å². The number of halogens is 2. The molecular weight excluding hydrogens is 321 g/mol. The van der Waals surface area contributed by atoms with Gasteiger partial charge in [0.2, 0.25) is 5.91 Å². The summed E-state index contributed by atoms with van der Waals surface area (Å²) in [6.45, 7) is 2.57. The fraction of sp³-hybridized carbons (Fsp3) is 0.462. The monoisotopic (exact) mass is 337 g/mol. The van der Waals surface area contributed by atoms with E-state index in [0.717, 1.165) is 12.8 Å². The van der Waals surface area contributed by atoms with Gasteiger partial charge < -0.3 is 5.32 Å². The topological polar surface area (TPSA) is 63.2 Å². The molecule has 0 aliphatic rings. The lowest BCUT2D eigenvalue weighted by Gasteiger charge is -2.07. The maximum absolute atomic E-state index is 12.1. The minimum Gasteiger partial charge on any atom is -0.356 e. The number of rotatable bonds is 7. The Labute approximate surface area is 129 Å². The van der Waals surface area contributed by atoms with Gasteiger partial charge in [-0.1, -0.05) is 36.5 Å². The summed E-state index contributed by atoms with van der Waals surface area (Å²) in [5.74, 6) is -0.564. The Morgan fingerprint density at radius 1 is 1.30 bits per heavy atom. The van der Waals surface area contributed by atoms with Crippen molar-refractivity contribution >= 4 is 38.9 Å². The quantitative estimate of drug-likeness (QED) is 0.777. The van der Waals surface area contributed by atoms with Crippen LogP contribution in [0.15, 0.2) is 23.1 Å². The van der Waals surface area contributed by atoms with Gasteiger partial charge in [-0.05, 0) is 24.6 Å². The van der Waals surface area contributed by atoms with E-state index >= 15 is 0 Å². The van der Waals surface area contributed by atoms with Gasteiger partial charge in [0.15, 0.2) is 9.84 Å². The number of carbonyl (C=O) groups is 1. The van der Waals surface area contributed by atoms with E-state index in [-0.39, 0.29) is 28.0 Å². The van der Waals surface area contributed by atoms with E-state index in [9.17, 15) is 13.2 Å². The Morgan fingerprint density at radius 3 is 2.65 bits per heavy atom. The van der Waals surface area contributed by atoms with Crippen LogP contribution in [0.2, 0.25) is 10.0 Å². The van der Waals surface area contributed by atoms with Gasteiger partial charge in [-0.15, -0.1) is 0 Å². The summed E-state index contributed by atoms with van der Waals surface area (Å²) < 4.78 is 24.2. The second kappa shape index (κ2) is 7.86.